The molecule has 1 atom stereocenters. The highest BCUT2D eigenvalue weighted by molar-refractivity contribution is 5.71. The topological polar surface area (TPSA) is 78.9 Å². The van der Waals surface area contributed by atoms with Crippen LogP contribution in [0.5, 0.6) is 0 Å². The second-order valence-electron chi connectivity index (χ2n) is 21.3. The molecule has 424 valence electrons. The van der Waals surface area contributed by atoms with Crippen LogP contribution in [0.25, 0.3) is 0 Å². The van der Waals surface area contributed by atoms with Crippen LogP contribution in [-0.2, 0) is 28.6 Å². The van der Waals surface area contributed by atoms with Gasteiger partial charge in [-0.05, 0) is 83.5 Å². The Bertz CT molecular complexity index is 1310. The number of carbonyl (C=O) groups excluding carboxylic acids is 3. The lowest BCUT2D eigenvalue weighted by molar-refractivity contribution is -0.167. The molecule has 0 aliphatic heterocycles. The first-order valence-corrected chi connectivity index (χ1v) is 31.8. The summed E-state index contributed by atoms with van der Waals surface area (Å²) in [5.41, 5.74) is 0. The minimum Gasteiger partial charge on any atom is -0.462 e. The van der Waals surface area contributed by atoms with Gasteiger partial charge in [-0.2, -0.15) is 0 Å². The Balaban J connectivity index is 4.24. The third kappa shape index (κ3) is 59.9. The van der Waals surface area contributed by atoms with Gasteiger partial charge in [-0.3, -0.25) is 14.4 Å². The molecular weight excluding hydrogens is 901 g/mol. The normalized spacial score (nSPS) is 12.4. The molecule has 6 nitrogen and oxygen atoms in total. The maximum atomic E-state index is 12.9. The van der Waals surface area contributed by atoms with Gasteiger partial charge in [0.05, 0.1) is 0 Å². The number of unbranched alkanes of at least 4 members (excludes halogenated alkanes) is 37. The van der Waals surface area contributed by atoms with Gasteiger partial charge >= 0.3 is 17.9 Å². The monoisotopic (exact) mass is 1020 g/mol. The summed E-state index contributed by atoms with van der Waals surface area (Å²) in [7, 11) is 0. The summed E-state index contributed by atoms with van der Waals surface area (Å²) < 4.78 is 16.9. The molecule has 0 radical (unpaired) electrons. The van der Waals surface area contributed by atoms with Crippen molar-refractivity contribution < 1.29 is 28.6 Å². The Morgan fingerprint density at radius 1 is 0.288 bits per heavy atom. The van der Waals surface area contributed by atoms with E-state index in [1.807, 2.05) is 0 Å². The van der Waals surface area contributed by atoms with Gasteiger partial charge in [-0.15, -0.1) is 0 Å². The summed E-state index contributed by atoms with van der Waals surface area (Å²) in [6.45, 7) is 6.52. The van der Waals surface area contributed by atoms with Gasteiger partial charge in [0.15, 0.2) is 6.10 Å². The molecule has 73 heavy (non-hydrogen) atoms. The van der Waals surface area contributed by atoms with Crippen molar-refractivity contribution in [3.8, 4) is 0 Å². The fourth-order valence-electron chi connectivity index (χ4n) is 9.25. The standard InChI is InChI=1S/C67H120O6/c1-4-7-10-13-16-19-22-25-27-29-30-31-32-33-34-35-36-37-39-40-42-45-48-51-54-57-60-66(69)72-63-64(62-71-65(68)59-56-53-50-47-44-24-21-18-15-12-9-6-3)73-67(70)61-58-55-52-49-46-43-41-38-28-26-23-20-17-14-11-8-5-2/h8,11,17-18,20-21,26,28,41,43,64H,4-7,9-10,12-16,19,22-25,27,29-40,42,44-63H2,1-3H3/b11-8-,20-17-,21-18-,28-26-,43-41-. The molecule has 0 bridgehead atoms. The third-order valence-electron chi connectivity index (χ3n) is 14.0. The average Bonchev–Trinajstić information content (AvgIpc) is 3.39. The Morgan fingerprint density at radius 3 is 0.877 bits per heavy atom. The van der Waals surface area contributed by atoms with Gasteiger partial charge in [-0.25, -0.2) is 0 Å². The lowest BCUT2D eigenvalue weighted by Gasteiger charge is -2.18. The third-order valence-corrected chi connectivity index (χ3v) is 14.0. The lowest BCUT2D eigenvalue weighted by atomic mass is 10.0. The smallest absolute Gasteiger partial charge is 0.306 e. The molecule has 0 spiro atoms. The summed E-state index contributed by atoms with van der Waals surface area (Å²) in [4.78, 5) is 38.2. The van der Waals surface area contributed by atoms with E-state index in [-0.39, 0.29) is 31.1 Å². The predicted molar refractivity (Wildman–Crippen MR) is 316 cm³/mol. The van der Waals surface area contributed by atoms with Crippen molar-refractivity contribution in [3.63, 3.8) is 0 Å². The SMILES string of the molecule is CC/C=C\C/C=C\C/C=C\C/C=C\CCCCCCC(=O)OC(COC(=O)CCCCCCC/C=C\CCCCC)COC(=O)CCCCCCCCCCCCCCCCCCCCCCCCCCCC. The summed E-state index contributed by atoms with van der Waals surface area (Å²) in [6.07, 6.45) is 78.1. The number of esters is 3. The zero-order chi connectivity index (χ0) is 52.9. The molecule has 0 aromatic heterocycles. The van der Waals surface area contributed by atoms with E-state index in [4.69, 9.17) is 14.2 Å². The molecule has 0 aliphatic rings. The summed E-state index contributed by atoms with van der Waals surface area (Å²) in [5, 5.41) is 0. The number of ether oxygens (including phenoxy) is 3. The number of allylic oxidation sites excluding steroid dienone is 10. The quantitative estimate of drug-likeness (QED) is 0.0261. The summed E-state index contributed by atoms with van der Waals surface area (Å²) in [5.74, 6) is -0.902. The van der Waals surface area contributed by atoms with Crippen molar-refractivity contribution >= 4 is 17.9 Å². The average molecular weight is 1020 g/mol. The van der Waals surface area contributed by atoms with Crippen molar-refractivity contribution in [1.29, 1.82) is 0 Å². The van der Waals surface area contributed by atoms with Crippen molar-refractivity contribution in [3.05, 3.63) is 60.8 Å². The lowest BCUT2D eigenvalue weighted by Crippen LogP contribution is -2.30. The van der Waals surface area contributed by atoms with Crippen LogP contribution in [0, 0.1) is 0 Å². The largest absolute Gasteiger partial charge is 0.462 e. The van der Waals surface area contributed by atoms with E-state index in [9.17, 15) is 14.4 Å². The van der Waals surface area contributed by atoms with Gasteiger partial charge < -0.3 is 14.2 Å². The Labute approximate surface area is 453 Å². The second kappa shape index (κ2) is 61.7. The van der Waals surface area contributed by atoms with Crippen molar-refractivity contribution in [2.45, 2.75) is 335 Å². The first kappa shape index (κ1) is 70.1. The van der Waals surface area contributed by atoms with Crippen molar-refractivity contribution in [1.82, 2.24) is 0 Å². The molecule has 1 unspecified atom stereocenters. The number of rotatable bonds is 58. The first-order valence-electron chi connectivity index (χ1n) is 31.8. The van der Waals surface area contributed by atoms with Gasteiger partial charge in [0, 0.05) is 19.3 Å². The minimum absolute atomic E-state index is 0.0841. The van der Waals surface area contributed by atoms with E-state index in [1.165, 1.54) is 186 Å². The van der Waals surface area contributed by atoms with E-state index >= 15 is 0 Å². The zero-order valence-corrected chi connectivity index (χ0v) is 48.7. The van der Waals surface area contributed by atoms with Crippen LogP contribution >= 0.6 is 0 Å². The highest BCUT2D eigenvalue weighted by atomic mass is 16.6. The fourth-order valence-corrected chi connectivity index (χ4v) is 9.25. The maximum absolute atomic E-state index is 12.9. The molecular formula is C67H120O6. The molecule has 0 aromatic carbocycles. The number of carbonyl (C=O) groups is 3. The predicted octanol–water partition coefficient (Wildman–Crippen LogP) is 21.6. The molecule has 0 N–H and O–H groups in total. The van der Waals surface area contributed by atoms with Gasteiger partial charge in [0.2, 0.25) is 0 Å². The Hall–Kier alpha value is -2.89. The van der Waals surface area contributed by atoms with Crippen LogP contribution in [0.2, 0.25) is 0 Å². The fraction of sp³-hybridized carbons (Fsp3) is 0.806. The highest BCUT2D eigenvalue weighted by Crippen LogP contribution is 2.17. The van der Waals surface area contributed by atoms with E-state index in [1.54, 1.807) is 0 Å². The van der Waals surface area contributed by atoms with Gasteiger partial charge in [-0.1, -0.05) is 287 Å². The molecule has 0 heterocycles. The minimum atomic E-state index is -0.789. The van der Waals surface area contributed by atoms with E-state index < -0.39 is 6.10 Å². The van der Waals surface area contributed by atoms with Gasteiger partial charge in [0.1, 0.15) is 13.2 Å². The van der Waals surface area contributed by atoms with Gasteiger partial charge in [0.25, 0.3) is 0 Å². The number of hydrogen-bond donors (Lipinski definition) is 0. The highest BCUT2D eigenvalue weighted by Gasteiger charge is 2.19. The molecule has 0 rings (SSSR count). The first-order chi connectivity index (χ1) is 36.0. The molecule has 0 saturated carbocycles. The van der Waals surface area contributed by atoms with Crippen LogP contribution in [-0.4, -0.2) is 37.2 Å². The van der Waals surface area contributed by atoms with Crippen LogP contribution in [0.1, 0.15) is 329 Å². The van der Waals surface area contributed by atoms with E-state index in [2.05, 4.69) is 81.5 Å². The summed E-state index contributed by atoms with van der Waals surface area (Å²) >= 11 is 0. The molecule has 0 amide bonds. The number of hydrogen-bond acceptors (Lipinski definition) is 6. The Kier molecular flexibility index (Phi) is 59.2. The summed E-state index contributed by atoms with van der Waals surface area (Å²) in [6, 6.07) is 0. The zero-order valence-electron chi connectivity index (χ0n) is 48.7. The van der Waals surface area contributed by atoms with Crippen LogP contribution in [0.4, 0.5) is 0 Å². The molecule has 6 heteroatoms. The van der Waals surface area contributed by atoms with Crippen LogP contribution in [0.15, 0.2) is 60.8 Å². The maximum Gasteiger partial charge on any atom is 0.306 e. The van der Waals surface area contributed by atoms with Crippen LogP contribution < -0.4 is 0 Å². The van der Waals surface area contributed by atoms with E-state index in [0.29, 0.717) is 19.3 Å². The molecule has 0 aliphatic carbocycles. The molecule has 0 saturated heterocycles. The Morgan fingerprint density at radius 2 is 0.534 bits per heavy atom. The van der Waals surface area contributed by atoms with E-state index in [0.717, 1.165) is 103 Å². The molecule has 0 aromatic rings. The molecule has 0 fully saturated rings. The second-order valence-corrected chi connectivity index (χ2v) is 21.3. The van der Waals surface area contributed by atoms with Crippen molar-refractivity contribution in [2.75, 3.05) is 13.2 Å². The van der Waals surface area contributed by atoms with Crippen molar-refractivity contribution in [2.24, 2.45) is 0 Å². The van der Waals surface area contributed by atoms with Crippen LogP contribution in [0.3, 0.4) is 0 Å².